The minimum Gasteiger partial charge on any atom is -0.305 e. The number of hydrogen-bond acceptors (Lipinski definition) is 4. The summed E-state index contributed by atoms with van der Waals surface area (Å²) in [7, 11) is 0. The van der Waals surface area contributed by atoms with E-state index in [-0.39, 0.29) is 5.56 Å². The lowest BCUT2D eigenvalue weighted by Gasteiger charge is -2.32. The molecule has 158 valence electrons. The van der Waals surface area contributed by atoms with Crippen LogP contribution in [0, 0.1) is 18.7 Å². The summed E-state index contributed by atoms with van der Waals surface area (Å²) in [5.74, 6) is 0.304. The van der Waals surface area contributed by atoms with Crippen molar-refractivity contribution in [1.82, 2.24) is 19.4 Å². The molecule has 0 N–H and O–H groups in total. The zero-order chi connectivity index (χ0) is 21.1. The SMILES string of the molecule is Cc1ncc(CCC2CCN(CCn3c(=O)ccc4ncc(F)cc43)CC2)cc1Br. The van der Waals surface area contributed by atoms with Crippen LogP contribution in [0.2, 0.25) is 0 Å². The second kappa shape index (κ2) is 9.35. The van der Waals surface area contributed by atoms with E-state index >= 15 is 0 Å². The monoisotopic (exact) mass is 472 g/mol. The highest BCUT2D eigenvalue weighted by atomic mass is 79.9. The molecule has 4 heterocycles. The van der Waals surface area contributed by atoms with Gasteiger partial charge in [0.15, 0.2) is 0 Å². The maximum absolute atomic E-state index is 13.6. The third kappa shape index (κ3) is 4.95. The molecule has 0 aromatic carbocycles. The summed E-state index contributed by atoms with van der Waals surface area (Å²) in [5, 5.41) is 0. The first-order valence-corrected chi connectivity index (χ1v) is 11.3. The fourth-order valence-corrected chi connectivity index (χ4v) is 4.56. The molecule has 3 aromatic rings. The van der Waals surface area contributed by atoms with Gasteiger partial charge in [0.05, 0.1) is 22.9 Å². The molecule has 1 aliphatic rings. The molecular formula is C23H26BrFN4O. The minimum absolute atomic E-state index is 0.109. The Morgan fingerprint density at radius 2 is 1.93 bits per heavy atom. The van der Waals surface area contributed by atoms with Crippen molar-refractivity contribution in [3.63, 3.8) is 0 Å². The molecule has 7 heteroatoms. The first kappa shape index (κ1) is 21.1. The predicted octanol–water partition coefficient (Wildman–Crippen LogP) is 4.35. The van der Waals surface area contributed by atoms with Gasteiger partial charge < -0.3 is 9.47 Å². The second-order valence-electron chi connectivity index (χ2n) is 8.12. The number of aryl methyl sites for hydroxylation is 2. The Balaban J connectivity index is 1.30. The van der Waals surface area contributed by atoms with Gasteiger partial charge >= 0.3 is 0 Å². The molecule has 0 saturated carbocycles. The van der Waals surface area contributed by atoms with E-state index in [0.29, 0.717) is 17.6 Å². The number of rotatable bonds is 6. The first-order chi connectivity index (χ1) is 14.5. The van der Waals surface area contributed by atoms with Crippen LogP contribution in [0.3, 0.4) is 0 Å². The van der Waals surface area contributed by atoms with Crippen molar-refractivity contribution < 1.29 is 4.39 Å². The van der Waals surface area contributed by atoms with Crippen molar-refractivity contribution >= 4 is 27.0 Å². The number of pyridine rings is 3. The van der Waals surface area contributed by atoms with Crippen LogP contribution in [0.4, 0.5) is 4.39 Å². The molecule has 1 saturated heterocycles. The Morgan fingerprint density at radius 1 is 1.13 bits per heavy atom. The number of piperidine rings is 1. The molecule has 0 spiro atoms. The molecule has 0 amide bonds. The number of nitrogens with zero attached hydrogens (tertiary/aromatic N) is 4. The van der Waals surface area contributed by atoms with E-state index in [0.717, 1.165) is 42.1 Å². The number of halogens is 2. The number of aromatic nitrogens is 3. The van der Waals surface area contributed by atoms with E-state index < -0.39 is 5.82 Å². The average Bonchev–Trinajstić information content (AvgIpc) is 2.74. The number of likely N-dealkylation sites (tertiary alicyclic amines) is 1. The van der Waals surface area contributed by atoms with Crippen LogP contribution in [0.25, 0.3) is 11.0 Å². The van der Waals surface area contributed by atoms with Gasteiger partial charge in [-0.2, -0.15) is 0 Å². The maximum atomic E-state index is 13.6. The van der Waals surface area contributed by atoms with Crippen molar-refractivity contribution in [2.45, 2.75) is 39.2 Å². The summed E-state index contributed by atoms with van der Waals surface area (Å²) in [6.07, 6.45) is 7.74. The summed E-state index contributed by atoms with van der Waals surface area (Å²) in [4.78, 5) is 23.2. The van der Waals surface area contributed by atoms with E-state index in [4.69, 9.17) is 0 Å². The van der Waals surface area contributed by atoms with Gasteiger partial charge in [-0.1, -0.05) is 0 Å². The van der Waals surface area contributed by atoms with Crippen LogP contribution < -0.4 is 5.56 Å². The van der Waals surface area contributed by atoms with E-state index in [9.17, 15) is 9.18 Å². The summed E-state index contributed by atoms with van der Waals surface area (Å²) in [5.41, 5.74) is 3.41. The normalized spacial score (nSPS) is 15.7. The highest BCUT2D eigenvalue weighted by Crippen LogP contribution is 2.24. The summed E-state index contributed by atoms with van der Waals surface area (Å²) >= 11 is 3.56. The quantitative estimate of drug-likeness (QED) is 0.535. The lowest BCUT2D eigenvalue weighted by atomic mass is 9.91. The lowest BCUT2D eigenvalue weighted by Crippen LogP contribution is -2.37. The van der Waals surface area contributed by atoms with Crippen LogP contribution in [0.15, 0.2) is 45.9 Å². The molecule has 1 aliphatic heterocycles. The average molecular weight is 473 g/mol. The Bertz CT molecular complexity index is 1090. The van der Waals surface area contributed by atoms with Gasteiger partial charge in [-0.25, -0.2) is 4.39 Å². The Morgan fingerprint density at radius 3 is 2.70 bits per heavy atom. The third-order valence-corrected chi connectivity index (χ3v) is 6.88. The predicted molar refractivity (Wildman–Crippen MR) is 120 cm³/mol. The van der Waals surface area contributed by atoms with E-state index in [1.165, 1.54) is 43.2 Å². The first-order valence-electron chi connectivity index (χ1n) is 10.5. The molecule has 0 aliphatic carbocycles. The Kier molecular flexibility index (Phi) is 6.58. The summed E-state index contributed by atoms with van der Waals surface area (Å²) in [6, 6.07) is 6.74. The maximum Gasteiger partial charge on any atom is 0.251 e. The van der Waals surface area contributed by atoms with E-state index in [1.807, 2.05) is 13.1 Å². The van der Waals surface area contributed by atoms with Gasteiger partial charge in [0, 0.05) is 35.9 Å². The molecule has 1 fully saturated rings. The van der Waals surface area contributed by atoms with Gasteiger partial charge in [-0.15, -0.1) is 0 Å². The molecule has 4 rings (SSSR count). The van der Waals surface area contributed by atoms with Crippen molar-refractivity contribution in [3.8, 4) is 0 Å². The minimum atomic E-state index is -0.418. The fourth-order valence-electron chi connectivity index (χ4n) is 4.17. The van der Waals surface area contributed by atoms with Crippen LogP contribution in [0.5, 0.6) is 0 Å². The molecular weight excluding hydrogens is 447 g/mol. The molecule has 5 nitrogen and oxygen atoms in total. The van der Waals surface area contributed by atoms with Crippen molar-refractivity contribution in [1.29, 1.82) is 0 Å². The largest absolute Gasteiger partial charge is 0.305 e. The van der Waals surface area contributed by atoms with Gasteiger partial charge in [0.1, 0.15) is 5.82 Å². The lowest BCUT2D eigenvalue weighted by molar-refractivity contribution is 0.174. The highest BCUT2D eigenvalue weighted by Gasteiger charge is 2.19. The van der Waals surface area contributed by atoms with Crippen LogP contribution >= 0.6 is 15.9 Å². The summed E-state index contributed by atoms with van der Waals surface area (Å²) in [6.45, 7) is 5.41. The zero-order valence-electron chi connectivity index (χ0n) is 17.2. The van der Waals surface area contributed by atoms with Gasteiger partial charge in [-0.3, -0.25) is 14.8 Å². The smallest absolute Gasteiger partial charge is 0.251 e. The van der Waals surface area contributed by atoms with Crippen LogP contribution in [-0.2, 0) is 13.0 Å². The topological polar surface area (TPSA) is 51.0 Å². The summed E-state index contributed by atoms with van der Waals surface area (Å²) < 4.78 is 16.3. The Labute approximate surface area is 184 Å². The van der Waals surface area contributed by atoms with Crippen molar-refractivity contribution in [2.24, 2.45) is 5.92 Å². The van der Waals surface area contributed by atoms with Gasteiger partial charge in [0.25, 0.3) is 5.56 Å². The molecule has 0 radical (unpaired) electrons. The van der Waals surface area contributed by atoms with Crippen LogP contribution in [0.1, 0.15) is 30.5 Å². The van der Waals surface area contributed by atoms with Crippen molar-refractivity contribution in [2.75, 3.05) is 19.6 Å². The van der Waals surface area contributed by atoms with Crippen LogP contribution in [-0.4, -0.2) is 39.1 Å². The fraction of sp³-hybridized carbons (Fsp3) is 0.435. The van der Waals surface area contributed by atoms with Crippen molar-refractivity contribution in [3.05, 3.63) is 68.6 Å². The molecule has 0 bridgehead atoms. The molecule has 0 atom stereocenters. The third-order valence-electron chi connectivity index (χ3n) is 6.07. The second-order valence-corrected chi connectivity index (χ2v) is 8.97. The van der Waals surface area contributed by atoms with E-state index in [1.54, 1.807) is 10.6 Å². The standard InChI is InChI=1S/C23H26BrFN4O/c1-16-20(24)12-18(14-26-16)3-2-17-6-8-28(9-7-17)10-11-29-22-13-19(25)15-27-21(22)4-5-23(29)30/h4-5,12-15,17H,2-3,6-11H2,1H3. The molecule has 30 heavy (non-hydrogen) atoms. The van der Waals surface area contributed by atoms with E-state index in [2.05, 4.69) is 36.9 Å². The molecule has 0 unspecified atom stereocenters. The highest BCUT2D eigenvalue weighted by molar-refractivity contribution is 9.10. The van der Waals surface area contributed by atoms with Gasteiger partial charge in [-0.05, 0) is 85.2 Å². The molecule has 3 aromatic heterocycles. The number of hydrogen-bond donors (Lipinski definition) is 0. The van der Waals surface area contributed by atoms with Gasteiger partial charge in [0.2, 0.25) is 0 Å². The zero-order valence-corrected chi connectivity index (χ0v) is 18.7. The number of fused-ring (bicyclic) bond motifs is 1. The Hall–Kier alpha value is -2.12.